The van der Waals surface area contributed by atoms with Crippen LogP contribution in [0.4, 0.5) is 14.6 Å². The Kier molecular flexibility index (Phi) is 5.08. The van der Waals surface area contributed by atoms with Gasteiger partial charge in [-0.15, -0.1) is 5.10 Å². The molecule has 0 aromatic carbocycles. The van der Waals surface area contributed by atoms with Crippen molar-refractivity contribution in [1.82, 2.24) is 19.7 Å². The highest BCUT2D eigenvalue weighted by Crippen LogP contribution is 2.40. The van der Waals surface area contributed by atoms with E-state index in [1.165, 1.54) is 30.1 Å². The van der Waals surface area contributed by atoms with E-state index in [2.05, 4.69) is 15.4 Å². The van der Waals surface area contributed by atoms with Gasteiger partial charge < -0.3 is 15.0 Å². The van der Waals surface area contributed by atoms with Crippen LogP contribution in [0.2, 0.25) is 0 Å². The molecule has 0 spiro atoms. The number of rotatable bonds is 6. The van der Waals surface area contributed by atoms with Crippen molar-refractivity contribution in [3.05, 3.63) is 35.7 Å². The SMILES string of the molecule is COc1nn(C)cc1C(=O)Nc1cccc(C(=N)N(C=N)C2CC(F)(F)C2)n1. The van der Waals surface area contributed by atoms with Gasteiger partial charge in [-0.1, -0.05) is 6.07 Å². The molecule has 0 aliphatic heterocycles. The van der Waals surface area contributed by atoms with E-state index in [9.17, 15) is 13.6 Å². The molecule has 0 saturated heterocycles. The summed E-state index contributed by atoms with van der Waals surface area (Å²) >= 11 is 0. The number of hydrogen-bond acceptors (Lipinski definition) is 6. The molecule has 1 fully saturated rings. The summed E-state index contributed by atoms with van der Waals surface area (Å²) in [5, 5.41) is 22.3. The van der Waals surface area contributed by atoms with Crippen molar-refractivity contribution in [3.8, 4) is 5.88 Å². The second-order valence-corrected chi connectivity index (χ2v) is 6.39. The van der Waals surface area contributed by atoms with Gasteiger partial charge in [-0.25, -0.2) is 13.8 Å². The Morgan fingerprint density at radius 2 is 2.18 bits per heavy atom. The van der Waals surface area contributed by atoms with Crippen LogP contribution in [0, 0.1) is 10.8 Å². The number of amides is 1. The fourth-order valence-corrected chi connectivity index (χ4v) is 2.91. The topological polar surface area (TPSA) is 120 Å². The second-order valence-electron chi connectivity index (χ2n) is 6.39. The van der Waals surface area contributed by atoms with E-state index in [0.717, 1.165) is 11.2 Å². The number of anilines is 1. The molecular weight excluding hydrogens is 372 g/mol. The van der Waals surface area contributed by atoms with Crippen LogP contribution in [0.3, 0.4) is 0 Å². The van der Waals surface area contributed by atoms with Crippen LogP contribution in [0.1, 0.15) is 28.9 Å². The molecule has 0 radical (unpaired) electrons. The molecule has 3 rings (SSSR count). The number of carbonyl (C=O) groups is 1. The van der Waals surface area contributed by atoms with Crippen molar-refractivity contribution >= 4 is 23.9 Å². The van der Waals surface area contributed by atoms with Gasteiger partial charge in [0.15, 0.2) is 5.84 Å². The number of pyridine rings is 1. The van der Waals surface area contributed by atoms with Crippen LogP contribution in [0.5, 0.6) is 5.88 Å². The molecule has 0 bridgehead atoms. The predicted octanol–water partition coefficient (Wildman–Crippen LogP) is 2.11. The lowest BCUT2D eigenvalue weighted by Gasteiger charge is -2.41. The molecule has 3 N–H and O–H groups in total. The molecule has 1 aliphatic carbocycles. The number of amidine groups is 1. The molecule has 1 amide bonds. The smallest absolute Gasteiger partial charge is 0.263 e. The zero-order valence-corrected chi connectivity index (χ0v) is 15.2. The average molecular weight is 391 g/mol. The van der Waals surface area contributed by atoms with Crippen LogP contribution in [-0.2, 0) is 7.05 Å². The van der Waals surface area contributed by atoms with Gasteiger partial charge in [0.1, 0.15) is 17.1 Å². The van der Waals surface area contributed by atoms with Crippen molar-refractivity contribution in [3.63, 3.8) is 0 Å². The van der Waals surface area contributed by atoms with Gasteiger partial charge in [0.2, 0.25) is 5.88 Å². The number of carbonyl (C=O) groups excluding carboxylic acids is 1. The standard InChI is InChI=1S/C17H19F2N7O2/c1-25-8-11(16(24-25)28-2)15(27)23-13-5-3-4-12(22-13)14(21)26(9-20)10-6-17(18,19)7-10/h3-5,8-10,20-21H,6-7H2,1-2H3,(H,22,23,27). The number of ether oxygens (including phenoxy) is 1. The first-order chi connectivity index (χ1) is 13.2. The van der Waals surface area contributed by atoms with Gasteiger partial charge in [-0.3, -0.25) is 20.3 Å². The highest BCUT2D eigenvalue weighted by atomic mass is 19.3. The van der Waals surface area contributed by atoms with E-state index >= 15 is 0 Å². The summed E-state index contributed by atoms with van der Waals surface area (Å²) in [4.78, 5) is 17.8. The van der Waals surface area contributed by atoms with Crippen molar-refractivity contribution in [2.75, 3.05) is 12.4 Å². The molecule has 2 aromatic rings. The van der Waals surface area contributed by atoms with E-state index in [4.69, 9.17) is 15.6 Å². The Morgan fingerprint density at radius 3 is 2.79 bits per heavy atom. The Morgan fingerprint density at radius 1 is 1.46 bits per heavy atom. The number of aromatic nitrogens is 3. The third-order valence-corrected chi connectivity index (χ3v) is 4.33. The van der Waals surface area contributed by atoms with E-state index in [-0.39, 0.29) is 28.8 Å². The highest BCUT2D eigenvalue weighted by Gasteiger charge is 2.48. The lowest BCUT2D eigenvalue weighted by Crippen LogP contribution is -2.52. The summed E-state index contributed by atoms with van der Waals surface area (Å²) in [5.41, 5.74) is 0.361. The van der Waals surface area contributed by atoms with Crippen molar-refractivity contribution in [2.24, 2.45) is 7.05 Å². The normalized spacial score (nSPS) is 15.4. The number of aryl methyl sites for hydroxylation is 1. The summed E-state index contributed by atoms with van der Waals surface area (Å²) < 4.78 is 32.8. The number of alkyl halides is 2. The van der Waals surface area contributed by atoms with E-state index in [0.29, 0.717) is 0 Å². The molecule has 11 heteroatoms. The monoisotopic (exact) mass is 391 g/mol. The van der Waals surface area contributed by atoms with Gasteiger partial charge >= 0.3 is 0 Å². The van der Waals surface area contributed by atoms with Crippen LogP contribution in [0.25, 0.3) is 0 Å². The maximum absolute atomic E-state index is 13.1. The van der Waals surface area contributed by atoms with Gasteiger partial charge in [-0.05, 0) is 12.1 Å². The zero-order chi connectivity index (χ0) is 20.5. The van der Waals surface area contributed by atoms with Crippen LogP contribution < -0.4 is 10.1 Å². The molecule has 0 unspecified atom stereocenters. The second kappa shape index (κ2) is 7.33. The van der Waals surface area contributed by atoms with E-state index in [1.54, 1.807) is 13.1 Å². The molecule has 9 nitrogen and oxygen atoms in total. The largest absolute Gasteiger partial charge is 0.479 e. The number of hydrogen-bond donors (Lipinski definition) is 3. The summed E-state index contributed by atoms with van der Waals surface area (Å²) in [5.74, 6) is -3.13. The van der Waals surface area contributed by atoms with Gasteiger partial charge in [0, 0.05) is 32.1 Å². The minimum Gasteiger partial charge on any atom is -0.479 e. The van der Waals surface area contributed by atoms with Gasteiger partial charge in [0.05, 0.1) is 13.4 Å². The zero-order valence-electron chi connectivity index (χ0n) is 15.2. The summed E-state index contributed by atoms with van der Waals surface area (Å²) in [6.07, 6.45) is 1.51. The average Bonchev–Trinajstić information content (AvgIpc) is 3.02. The minimum atomic E-state index is -2.77. The molecule has 2 heterocycles. The van der Waals surface area contributed by atoms with Crippen LogP contribution >= 0.6 is 0 Å². The highest BCUT2D eigenvalue weighted by molar-refractivity contribution is 6.06. The number of methoxy groups -OCH3 is 1. The number of nitrogens with one attached hydrogen (secondary N) is 3. The third-order valence-electron chi connectivity index (χ3n) is 4.33. The molecule has 2 aromatic heterocycles. The maximum atomic E-state index is 13.1. The first-order valence-electron chi connectivity index (χ1n) is 8.36. The first kappa shape index (κ1) is 19.4. The molecule has 0 atom stereocenters. The van der Waals surface area contributed by atoms with E-state index in [1.807, 2.05) is 0 Å². The Hall–Kier alpha value is -3.37. The summed E-state index contributed by atoms with van der Waals surface area (Å²) in [6, 6.07) is 3.99. The predicted molar refractivity (Wildman–Crippen MR) is 97.4 cm³/mol. The molecule has 1 saturated carbocycles. The fourth-order valence-electron chi connectivity index (χ4n) is 2.91. The molecule has 28 heavy (non-hydrogen) atoms. The Bertz CT molecular complexity index is 920. The lowest BCUT2D eigenvalue weighted by atomic mass is 9.87. The molecular formula is C17H19F2N7O2. The van der Waals surface area contributed by atoms with Gasteiger partial charge in [-0.2, -0.15) is 0 Å². The lowest BCUT2D eigenvalue weighted by molar-refractivity contribution is -0.102. The Labute approximate surface area is 159 Å². The maximum Gasteiger partial charge on any atom is 0.263 e. The number of nitrogens with zero attached hydrogens (tertiary/aromatic N) is 4. The van der Waals surface area contributed by atoms with Crippen molar-refractivity contribution in [2.45, 2.75) is 24.8 Å². The summed E-state index contributed by atoms with van der Waals surface area (Å²) in [6.45, 7) is 0. The van der Waals surface area contributed by atoms with Gasteiger partial charge in [0.25, 0.3) is 11.8 Å². The fraction of sp³-hybridized carbons (Fsp3) is 0.353. The van der Waals surface area contributed by atoms with Crippen molar-refractivity contribution in [1.29, 1.82) is 10.8 Å². The van der Waals surface area contributed by atoms with E-state index < -0.39 is 30.7 Å². The minimum absolute atomic E-state index is 0.148. The quantitative estimate of drug-likeness (QED) is 0.515. The Balaban J connectivity index is 1.75. The van der Waals surface area contributed by atoms with Crippen LogP contribution in [0.15, 0.2) is 24.4 Å². The third kappa shape index (κ3) is 3.82. The molecule has 1 aliphatic rings. The summed E-state index contributed by atoms with van der Waals surface area (Å²) in [7, 11) is 3.05. The number of halogens is 2. The van der Waals surface area contributed by atoms with Crippen LogP contribution in [-0.4, -0.2) is 56.8 Å². The molecule has 148 valence electrons. The van der Waals surface area contributed by atoms with Crippen molar-refractivity contribution < 1.29 is 18.3 Å². The first-order valence-corrected chi connectivity index (χ1v) is 8.36.